The largest absolute Gasteiger partial charge is 0.323 e. The highest BCUT2D eigenvalue weighted by molar-refractivity contribution is 7.20. The average Bonchev–Trinajstić information content (AvgIpc) is 2.79. The number of hydrogen-bond acceptors (Lipinski definition) is 2. The van der Waals surface area contributed by atoms with Crippen molar-refractivity contribution in [3.8, 4) is 0 Å². The maximum Gasteiger partial charge on any atom is 0.220 e. The minimum Gasteiger partial charge on any atom is -0.323 e. The van der Waals surface area contributed by atoms with E-state index >= 15 is 0 Å². The van der Waals surface area contributed by atoms with Gasteiger partial charge in [-0.05, 0) is 23.1 Å². The highest BCUT2D eigenvalue weighted by Crippen LogP contribution is 2.43. The highest BCUT2D eigenvalue weighted by atomic mass is 31.0. The van der Waals surface area contributed by atoms with Crippen molar-refractivity contribution in [2.24, 2.45) is 0 Å². The van der Waals surface area contributed by atoms with Crippen LogP contribution in [0, 0.1) is 0 Å². The van der Waals surface area contributed by atoms with Crippen LogP contribution in [0.2, 0.25) is 0 Å². The number of amides is 1. The molecule has 0 aliphatic carbocycles. The first-order valence-corrected chi connectivity index (χ1v) is 10.8. The highest BCUT2D eigenvalue weighted by Gasteiger charge is 2.46. The van der Waals surface area contributed by atoms with Gasteiger partial charge in [0.15, 0.2) is 5.78 Å². The van der Waals surface area contributed by atoms with Crippen LogP contribution in [0.3, 0.4) is 0 Å². The summed E-state index contributed by atoms with van der Waals surface area (Å²) in [5, 5.41) is -1.17. The molecule has 154 valence electrons. The number of ketones is 1. The van der Waals surface area contributed by atoms with Gasteiger partial charge >= 0.3 is 0 Å². The van der Waals surface area contributed by atoms with Crippen LogP contribution in [0.4, 0.5) is 0 Å². The maximum absolute atomic E-state index is 14.4. The molecule has 0 heterocycles. The Morgan fingerprint density at radius 3 is 1.67 bits per heavy atom. The number of Topliss-reactive ketones (excluding diaryl/α,β-unsaturated/α-hetero) is 1. The number of rotatable bonds is 8. The molecule has 0 fully saturated rings. The Morgan fingerprint density at radius 1 is 0.833 bits per heavy atom. The van der Waals surface area contributed by atoms with E-state index in [-0.39, 0.29) is 11.7 Å². The predicted octanol–water partition coefficient (Wildman–Crippen LogP) is 5.37. The number of hydrogen-bond donors (Lipinski definition) is 0. The van der Waals surface area contributed by atoms with E-state index in [2.05, 4.69) is 9.24 Å². The molecule has 0 saturated carbocycles. The van der Waals surface area contributed by atoms with Gasteiger partial charge in [0.2, 0.25) is 5.91 Å². The monoisotopic (exact) mass is 417 g/mol. The lowest BCUT2D eigenvalue weighted by Gasteiger charge is -2.42. The summed E-state index contributed by atoms with van der Waals surface area (Å²) in [6.45, 7) is 4.04. The molecule has 0 aliphatic rings. The fourth-order valence-electron chi connectivity index (χ4n) is 3.94. The van der Waals surface area contributed by atoms with Crippen LogP contribution in [-0.2, 0) is 14.9 Å². The van der Waals surface area contributed by atoms with Crippen LogP contribution >= 0.6 is 9.24 Å². The summed E-state index contributed by atoms with van der Waals surface area (Å²) in [6.07, 6.45) is 0.761. The van der Waals surface area contributed by atoms with Crippen molar-refractivity contribution in [2.45, 2.75) is 31.5 Å². The Kier molecular flexibility index (Phi) is 7.18. The zero-order chi connectivity index (χ0) is 21.6. The van der Waals surface area contributed by atoms with Crippen LogP contribution in [-0.4, -0.2) is 23.1 Å². The molecular weight excluding hydrogens is 389 g/mol. The van der Waals surface area contributed by atoms with Crippen molar-refractivity contribution >= 4 is 20.9 Å². The molecule has 0 aliphatic heterocycles. The van der Waals surface area contributed by atoms with Gasteiger partial charge in [0.05, 0.1) is 5.92 Å². The number of carbonyl (C=O) groups excluding carboxylic acids is 2. The van der Waals surface area contributed by atoms with E-state index in [4.69, 9.17) is 0 Å². The minimum atomic E-state index is -1.17. The van der Waals surface area contributed by atoms with Crippen LogP contribution in [0.5, 0.6) is 0 Å². The summed E-state index contributed by atoms with van der Waals surface area (Å²) in [5.74, 6) is -0.660. The number of carbonyl (C=O) groups is 2. The van der Waals surface area contributed by atoms with Crippen LogP contribution in [0.1, 0.15) is 42.9 Å². The maximum atomic E-state index is 14.4. The molecular formula is C26H28NO2P. The first kappa shape index (κ1) is 21.9. The summed E-state index contributed by atoms with van der Waals surface area (Å²) in [5.41, 5.74) is 2.62. The van der Waals surface area contributed by atoms with Gasteiger partial charge in [0.25, 0.3) is 0 Å². The third kappa shape index (κ3) is 4.37. The lowest BCUT2D eigenvalue weighted by atomic mass is 9.82. The molecule has 2 unspecified atom stereocenters. The quantitative estimate of drug-likeness (QED) is 0.462. The van der Waals surface area contributed by atoms with Gasteiger partial charge in [-0.3, -0.25) is 9.59 Å². The molecule has 0 N–H and O–H groups in total. The minimum absolute atomic E-state index is 0.0419. The van der Waals surface area contributed by atoms with E-state index < -0.39 is 11.2 Å². The van der Waals surface area contributed by atoms with E-state index in [0.29, 0.717) is 6.54 Å². The molecule has 4 heteroatoms. The first-order valence-electron chi connectivity index (χ1n) is 10.3. The third-order valence-electron chi connectivity index (χ3n) is 5.37. The van der Waals surface area contributed by atoms with Gasteiger partial charge in [-0.1, -0.05) is 107 Å². The van der Waals surface area contributed by atoms with E-state index in [1.54, 1.807) is 4.90 Å². The van der Waals surface area contributed by atoms with Gasteiger partial charge in [-0.15, -0.1) is 0 Å². The Bertz CT molecular complexity index is 936. The topological polar surface area (TPSA) is 37.4 Å². The lowest BCUT2D eigenvalue weighted by Crippen LogP contribution is -2.51. The summed E-state index contributed by atoms with van der Waals surface area (Å²) >= 11 is 0. The van der Waals surface area contributed by atoms with Gasteiger partial charge in [-0.25, -0.2) is 0 Å². The van der Waals surface area contributed by atoms with E-state index in [1.807, 2.05) is 97.9 Å². The molecule has 0 radical (unpaired) electrons. The van der Waals surface area contributed by atoms with Crippen molar-refractivity contribution in [1.29, 1.82) is 0 Å². The smallest absolute Gasteiger partial charge is 0.220 e. The van der Waals surface area contributed by atoms with E-state index in [1.165, 1.54) is 6.92 Å². The molecule has 3 aromatic rings. The molecule has 30 heavy (non-hydrogen) atoms. The van der Waals surface area contributed by atoms with Crippen molar-refractivity contribution in [2.75, 3.05) is 6.54 Å². The second-order valence-corrected chi connectivity index (χ2v) is 8.26. The predicted molar refractivity (Wildman–Crippen MR) is 125 cm³/mol. The van der Waals surface area contributed by atoms with Crippen molar-refractivity contribution < 1.29 is 9.59 Å². The second kappa shape index (κ2) is 9.82. The molecule has 1 amide bonds. The molecule has 0 aromatic heterocycles. The lowest BCUT2D eigenvalue weighted by molar-refractivity contribution is -0.140. The summed E-state index contributed by atoms with van der Waals surface area (Å²) in [6, 6.07) is 29.1. The van der Waals surface area contributed by atoms with Crippen molar-refractivity contribution in [3.63, 3.8) is 0 Å². The standard InChI is InChI=1S/C26H28NO2P/c1-3-19-27(20(2)28)26(30,23-17-11-6-12-18-23)25(29)24(21-13-7-4-8-14-21)22-15-9-5-10-16-22/h4-18,24H,3,19,30H2,1-2H3. The van der Waals surface area contributed by atoms with Crippen molar-refractivity contribution in [1.82, 2.24) is 4.90 Å². The number of benzene rings is 3. The molecule has 0 bridgehead atoms. The molecule has 3 nitrogen and oxygen atoms in total. The van der Waals surface area contributed by atoms with Gasteiger partial charge < -0.3 is 4.90 Å². The summed E-state index contributed by atoms with van der Waals surface area (Å²) in [7, 11) is 2.73. The Morgan fingerprint density at radius 2 is 1.27 bits per heavy atom. The van der Waals surface area contributed by atoms with Crippen LogP contribution in [0.25, 0.3) is 0 Å². The third-order valence-corrected chi connectivity index (χ3v) is 6.30. The van der Waals surface area contributed by atoms with E-state index in [9.17, 15) is 9.59 Å². The van der Waals surface area contributed by atoms with Crippen LogP contribution < -0.4 is 0 Å². The van der Waals surface area contributed by atoms with Crippen LogP contribution in [0.15, 0.2) is 91.0 Å². The van der Waals surface area contributed by atoms with E-state index in [0.717, 1.165) is 23.1 Å². The SMILES string of the molecule is CCCN(C(C)=O)C(P)(C(=O)C(c1ccccc1)c1ccccc1)c1ccccc1. The van der Waals surface area contributed by atoms with Gasteiger partial charge in [-0.2, -0.15) is 0 Å². The number of nitrogens with zero attached hydrogens (tertiary/aromatic N) is 1. The zero-order valence-corrected chi connectivity index (χ0v) is 18.6. The molecule has 3 rings (SSSR count). The Balaban J connectivity index is 2.22. The first-order chi connectivity index (χ1) is 14.5. The summed E-state index contributed by atoms with van der Waals surface area (Å²) in [4.78, 5) is 28.8. The Hall–Kier alpha value is -2.77. The fourth-order valence-corrected chi connectivity index (χ4v) is 4.61. The Labute approximate surface area is 181 Å². The molecule has 3 aromatic carbocycles. The second-order valence-electron chi connectivity index (χ2n) is 7.42. The van der Waals surface area contributed by atoms with Crippen molar-refractivity contribution in [3.05, 3.63) is 108 Å². The summed E-state index contributed by atoms with van der Waals surface area (Å²) < 4.78 is 0. The molecule has 0 saturated heterocycles. The normalized spacial score (nSPS) is 12.9. The molecule has 0 spiro atoms. The van der Waals surface area contributed by atoms with Gasteiger partial charge in [0.1, 0.15) is 5.28 Å². The molecule has 2 atom stereocenters. The average molecular weight is 417 g/mol. The fraction of sp³-hybridized carbons (Fsp3) is 0.231. The van der Waals surface area contributed by atoms with Gasteiger partial charge in [0, 0.05) is 13.5 Å². The zero-order valence-electron chi connectivity index (χ0n) is 17.5.